The second-order valence-electron chi connectivity index (χ2n) is 10.1. The number of carbonyl (C=O) groups excluding carboxylic acids is 4. The van der Waals surface area contributed by atoms with Crippen molar-refractivity contribution in [3.63, 3.8) is 0 Å². The Morgan fingerprint density at radius 3 is 2.24 bits per heavy atom. The number of phenolic OH excluding ortho intramolecular Hbond substituents is 1. The van der Waals surface area contributed by atoms with E-state index in [1.165, 1.54) is 23.1 Å². The molecule has 11 heteroatoms. The molecule has 1 aromatic carbocycles. The molecular formula is C26H41N3O8. The summed E-state index contributed by atoms with van der Waals surface area (Å²) in [6.45, 7) is 11.4. The summed E-state index contributed by atoms with van der Waals surface area (Å²) in [5, 5.41) is 25.2. The largest absolute Gasteiger partial charge is 0.508 e. The van der Waals surface area contributed by atoms with Gasteiger partial charge in [-0.3, -0.25) is 14.4 Å². The molecule has 0 bridgehead atoms. The van der Waals surface area contributed by atoms with E-state index in [-0.39, 0.29) is 25.3 Å². The third-order valence-electron chi connectivity index (χ3n) is 5.55. The Labute approximate surface area is 218 Å². The predicted molar refractivity (Wildman–Crippen MR) is 137 cm³/mol. The van der Waals surface area contributed by atoms with Gasteiger partial charge in [0.25, 0.3) is 0 Å². The Kier molecular flexibility index (Phi) is 11.8. The summed E-state index contributed by atoms with van der Waals surface area (Å²) in [6, 6.07) is 3.23. The lowest BCUT2D eigenvalue weighted by Gasteiger charge is -2.44. The molecule has 0 aromatic heterocycles. The van der Waals surface area contributed by atoms with E-state index in [2.05, 4.69) is 10.6 Å². The molecule has 0 spiro atoms. The van der Waals surface area contributed by atoms with Crippen molar-refractivity contribution in [2.45, 2.75) is 84.5 Å². The molecule has 37 heavy (non-hydrogen) atoms. The van der Waals surface area contributed by atoms with Crippen molar-refractivity contribution >= 4 is 23.9 Å². The number of hydrogen-bond acceptors (Lipinski definition) is 8. The molecule has 0 aliphatic heterocycles. The monoisotopic (exact) mass is 523 g/mol. The molecule has 3 amide bonds. The van der Waals surface area contributed by atoms with Crippen LogP contribution in [0.25, 0.3) is 0 Å². The fraction of sp³-hybridized carbons (Fsp3) is 0.615. The number of ether oxygens (including phenoxy) is 2. The molecule has 2 unspecified atom stereocenters. The molecule has 1 rings (SSSR count). The maximum Gasteiger partial charge on any atom is 0.408 e. The number of amides is 3. The normalized spacial score (nSPS) is 13.2. The minimum absolute atomic E-state index is 0.0405. The highest BCUT2D eigenvalue weighted by atomic mass is 16.6. The summed E-state index contributed by atoms with van der Waals surface area (Å²) in [7, 11) is 0. The molecule has 0 saturated carbocycles. The molecule has 208 valence electrons. The van der Waals surface area contributed by atoms with E-state index in [0.717, 1.165) is 0 Å². The molecule has 4 N–H and O–H groups in total. The molecule has 0 aliphatic carbocycles. The van der Waals surface area contributed by atoms with Crippen LogP contribution in [0.5, 0.6) is 5.75 Å². The van der Waals surface area contributed by atoms with Crippen molar-refractivity contribution in [3.8, 4) is 5.75 Å². The van der Waals surface area contributed by atoms with Crippen LogP contribution in [0, 0.1) is 0 Å². The Morgan fingerprint density at radius 1 is 1.08 bits per heavy atom. The van der Waals surface area contributed by atoms with Gasteiger partial charge in [-0.15, -0.1) is 0 Å². The van der Waals surface area contributed by atoms with E-state index in [9.17, 15) is 29.4 Å². The van der Waals surface area contributed by atoms with E-state index < -0.39 is 53.7 Å². The maximum absolute atomic E-state index is 13.8. The van der Waals surface area contributed by atoms with Gasteiger partial charge in [0.15, 0.2) is 0 Å². The molecular weight excluding hydrogens is 482 g/mol. The molecule has 0 radical (unpaired) electrons. The van der Waals surface area contributed by atoms with Crippen LogP contribution in [0.2, 0.25) is 0 Å². The lowest BCUT2D eigenvalue weighted by molar-refractivity contribution is -0.150. The Morgan fingerprint density at radius 2 is 1.73 bits per heavy atom. The number of aliphatic hydroxyl groups excluding tert-OH is 1. The smallest absolute Gasteiger partial charge is 0.408 e. The third kappa shape index (κ3) is 9.91. The number of phenols is 1. The average molecular weight is 524 g/mol. The molecule has 0 saturated heterocycles. The van der Waals surface area contributed by atoms with E-state index in [1.54, 1.807) is 47.6 Å². The number of carbonyl (C=O) groups is 4. The van der Waals surface area contributed by atoms with Gasteiger partial charge in [0.1, 0.15) is 23.4 Å². The zero-order chi connectivity index (χ0) is 28.4. The van der Waals surface area contributed by atoms with Crippen molar-refractivity contribution in [1.82, 2.24) is 15.5 Å². The van der Waals surface area contributed by atoms with Crippen LogP contribution in [-0.2, 0) is 23.9 Å². The number of nitrogens with zero attached hydrogens (tertiary/aromatic N) is 1. The summed E-state index contributed by atoms with van der Waals surface area (Å²) in [6.07, 6.45) is -0.562. The van der Waals surface area contributed by atoms with Gasteiger partial charge in [-0.1, -0.05) is 19.1 Å². The minimum atomic E-state index is -1.41. The van der Waals surface area contributed by atoms with Gasteiger partial charge in [0.05, 0.1) is 19.6 Å². The van der Waals surface area contributed by atoms with Gasteiger partial charge in [-0.25, -0.2) is 4.79 Å². The fourth-order valence-electron chi connectivity index (χ4n) is 3.48. The van der Waals surface area contributed by atoms with Gasteiger partial charge in [-0.05, 0) is 65.7 Å². The highest BCUT2D eigenvalue weighted by Crippen LogP contribution is 2.33. The van der Waals surface area contributed by atoms with Crippen LogP contribution in [-0.4, -0.2) is 75.9 Å². The van der Waals surface area contributed by atoms with Gasteiger partial charge in [0, 0.05) is 12.1 Å². The van der Waals surface area contributed by atoms with Crippen molar-refractivity contribution < 1.29 is 38.9 Å². The highest BCUT2D eigenvalue weighted by Gasteiger charge is 2.43. The van der Waals surface area contributed by atoms with E-state index >= 15 is 0 Å². The first kappa shape index (κ1) is 31.7. The lowest BCUT2D eigenvalue weighted by Crippen LogP contribution is -2.60. The number of hydrogen-bond donors (Lipinski definition) is 4. The maximum atomic E-state index is 13.8. The summed E-state index contributed by atoms with van der Waals surface area (Å²) < 4.78 is 10.1. The Hall–Kier alpha value is -3.34. The van der Waals surface area contributed by atoms with Crippen molar-refractivity contribution in [3.05, 3.63) is 29.8 Å². The number of aliphatic hydroxyl groups is 1. The molecule has 1 aromatic rings. The topological polar surface area (TPSA) is 154 Å². The lowest BCUT2D eigenvalue weighted by atomic mass is 9.92. The quantitative estimate of drug-likeness (QED) is 0.305. The SMILES string of the molecule is CCOC(=O)CCNC(=O)C(c1cccc(O)c1)N(C(=O)C(CO)NC(=O)OC(C)(C)C)C(C)(C)CC. The van der Waals surface area contributed by atoms with E-state index in [0.29, 0.717) is 12.0 Å². The number of nitrogens with one attached hydrogen (secondary N) is 2. The van der Waals surface area contributed by atoms with Crippen LogP contribution in [0.15, 0.2) is 24.3 Å². The van der Waals surface area contributed by atoms with Crippen molar-refractivity contribution in [1.29, 1.82) is 0 Å². The van der Waals surface area contributed by atoms with Crippen LogP contribution in [0.3, 0.4) is 0 Å². The third-order valence-corrected chi connectivity index (χ3v) is 5.55. The number of rotatable bonds is 12. The van der Waals surface area contributed by atoms with Crippen LogP contribution in [0.1, 0.15) is 72.9 Å². The fourth-order valence-corrected chi connectivity index (χ4v) is 3.48. The van der Waals surface area contributed by atoms with Gasteiger partial charge in [0.2, 0.25) is 11.8 Å². The summed E-state index contributed by atoms with van der Waals surface area (Å²) in [4.78, 5) is 52.7. The number of benzene rings is 1. The first-order chi connectivity index (χ1) is 17.2. The second kappa shape index (κ2) is 13.8. The molecule has 2 atom stereocenters. The average Bonchev–Trinajstić information content (AvgIpc) is 2.79. The van der Waals surface area contributed by atoms with Crippen molar-refractivity contribution in [2.75, 3.05) is 19.8 Å². The summed E-state index contributed by atoms with van der Waals surface area (Å²) in [5.74, 6) is -1.94. The molecule has 11 nitrogen and oxygen atoms in total. The first-order valence-corrected chi connectivity index (χ1v) is 12.3. The Balaban J connectivity index is 3.45. The second-order valence-corrected chi connectivity index (χ2v) is 10.1. The van der Waals surface area contributed by atoms with E-state index in [1.807, 2.05) is 6.92 Å². The minimum Gasteiger partial charge on any atom is -0.508 e. The zero-order valence-electron chi connectivity index (χ0n) is 22.8. The molecule has 0 fully saturated rings. The number of esters is 1. The number of aromatic hydroxyl groups is 1. The zero-order valence-corrected chi connectivity index (χ0v) is 22.8. The predicted octanol–water partition coefficient (Wildman–Crippen LogP) is 2.41. The molecule has 0 heterocycles. The van der Waals surface area contributed by atoms with Crippen LogP contribution < -0.4 is 10.6 Å². The van der Waals surface area contributed by atoms with Crippen LogP contribution in [0.4, 0.5) is 4.79 Å². The van der Waals surface area contributed by atoms with Gasteiger partial charge in [-0.2, -0.15) is 0 Å². The van der Waals surface area contributed by atoms with E-state index in [4.69, 9.17) is 9.47 Å². The number of alkyl carbamates (subject to hydrolysis) is 1. The van der Waals surface area contributed by atoms with Crippen molar-refractivity contribution in [2.24, 2.45) is 0 Å². The summed E-state index contributed by atoms with van der Waals surface area (Å²) in [5.41, 5.74) is -1.47. The first-order valence-electron chi connectivity index (χ1n) is 12.3. The van der Waals surface area contributed by atoms with Crippen LogP contribution >= 0.6 is 0 Å². The van der Waals surface area contributed by atoms with Gasteiger partial charge < -0.3 is 35.2 Å². The summed E-state index contributed by atoms with van der Waals surface area (Å²) >= 11 is 0. The van der Waals surface area contributed by atoms with Gasteiger partial charge >= 0.3 is 12.1 Å². The molecule has 0 aliphatic rings. The Bertz CT molecular complexity index is 942. The standard InChI is InChI=1S/C26H41N3O8/c1-8-26(6,7)29(23(34)19(16-30)28-24(35)37-25(3,4)5)21(17-11-10-12-18(31)15-17)22(33)27-14-13-20(32)36-9-2/h10-12,15,19,21,30-31H,8-9,13-14,16H2,1-7H3,(H,27,33)(H,28,35). The highest BCUT2D eigenvalue weighted by molar-refractivity contribution is 5.93.